The van der Waals surface area contributed by atoms with Crippen LogP contribution < -0.4 is 10.1 Å². The van der Waals surface area contributed by atoms with Crippen LogP contribution in [0.5, 0.6) is 5.75 Å². The number of aliphatic carboxylic acids is 1. The van der Waals surface area contributed by atoms with Gasteiger partial charge in [-0.2, -0.15) is 0 Å². The number of methoxy groups -OCH3 is 1. The van der Waals surface area contributed by atoms with Crippen LogP contribution in [0.25, 0.3) is 0 Å². The molecule has 0 heterocycles. The SMILES string of the molecule is COc1cc(C)ccc1NC(=O)CC(C)(C(=O)O)C(C)C. The molecule has 1 amide bonds. The van der Waals surface area contributed by atoms with Crippen molar-refractivity contribution in [2.75, 3.05) is 12.4 Å². The second-order valence-electron chi connectivity index (χ2n) is 5.81. The minimum Gasteiger partial charge on any atom is -0.495 e. The quantitative estimate of drug-likeness (QED) is 0.845. The normalized spacial score (nSPS) is 13.6. The zero-order valence-corrected chi connectivity index (χ0v) is 13.2. The first-order valence-electron chi connectivity index (χ1n) is 6.88. The maximum Gasteiger partial charge on any atom is 0.310 e. The fourth-order valence-corrected chi connectivity index (χ4v) is 1.96. The second kappa shape index (κ2) is 6.61. The Morgan fingerprint density at radius 2 is 2.00 bits per heavy atom. The number of carboxylic acids is 1. The highest BCUT2D eigenvalue weighted by Gasteiger charge is 2.38. The first-order chi connectivity index (χ1) is 9.70. The lowest BCUT2D eigenvalue weighted by Gasteiger charge is -2.28. The molecule has 21 heavy (non-hydrogen) atoms. The maximum absolute atomic E-state index is 12.2. The Labute approximate surface area is 125 Å². The number of benzene rings is 1. The molecule has 5 nitrogen and oxygen atoms in total. The van der Waals surface area contributed by atoms with Gasteiger partial charge in [0.1, 0.15) is 5.75 Å². The molecule has 0 fully saturated rings. The molecular formula is C16H23NO4. The van der Waals surface area contributed by atoms with Crippen molar-refractivity contribution < 1.29 is 19.4 Å². The lowest BCUT2D eigenvalue weighted by atomic mass is 9.76. The topological polar surface area (TPSA) is 75.6 Å². The van der Waals surface area contributed by atoms with Crippen molar-refractivity contribution >= 4 is 17.6 Å². The summed E-state index contributed by atoms with van der Waals surface area (Å²) in [5, 5.41) is 12.1. The van der Waals surface area contributed by atoms with Crippen LogP contribution in [-0.2, 0) is 9.59 Å². The summed E-state index contributed by atoms with van der Waals surface area (Å²) < 4.78 is 5.22. The van der Waals surface area contributed by atoms with Crippen LogP contribution in [0.2, 0.25) is 0 Å². The van der Waals surface area contributed by atoms with Crippen molar-refractivity contribution in [2.24, 2.45) is 11.3 Å². The molecule has 0 aliphatic heterocycles. The molecule has 0 aromatic heterocycles. The summed E-state index contributed by atoms with van der Waals surface area (Å²) in [5.41, 5.74) is 0.467. The molecule has 0 radical (unpaired) electrons. The smallest absolute Gasteiger partial charge is 0.310 e. The van der Waals surface area contributed by atoms with Crippen molar-refractivity contribution in [2.45, 2.75) is 34.1 Å². The van der Waals surface area contributed by atoms with Gasteiger partial charge in [0.25, 0.3) is 0 Å². The van der Waals surface area contributed by atoms with Gasteiger partial charge < -0.3 is 15.2 Å². The van der Waals surface area contributed by atoms with E-state index in [9.17, 15) is 14.7 Å². The minimum atomic E-state index is -1.10. The van der Waals surface area contributed by atoms with E-state index in [-0.39, 0.29) is 18.2 Å². The molecule has 2 N–H and O–H groups in total. The lowest BCUT2D eigenvalue weighted by Crippen LogP contribution is -2.37. The van der Waals surface area contributed by atoms with E-state index in [4.69, 9.17) is 4.74 Å². The average molecular weight is 293 g/mol. The molecule has 0 aliphatic carbocycles. The molecule has 1 unspecified atom stereocenters. The fraction of sp³-hybridized carbons (Fsp3) is 0.500. The highest BCUT2D eigenvalue weighted by atomic mass is 16.5. The molecule has 0 aliphatic rings. The van der Waals surface area contributed by atoms with E-state index < -0.39 is 11.4 Å². The Morgan fingerprint density at radius 3 is 2.48 bits per heavy atom. The summed E-state index contributed by atoms with van der Waals surface area (Å²) in [7, 11) is 1.53. The molecular weight excluding hydrogens is 270 g/mol. The highest BCUT2D eigenvalue weighted by Crippen LogP contribution is 2.32. The molecule has 0 bridgehead atoms. The molecule has 5 heteroatoms. The van der Waals surface area contributed by atoms with Crippen LogP contribution in [0.1, 0.15) is 32.8 Å². The van der Waals surface area contributed by atoms with Gasteiger partial charge in [0.2, 0.25) is 5.91 Å². The summed E-state index contributed by atoms with van der Waals surface area (Å²) in [6.07, 6.45) is -0.0863. The van der Waals surface area contributed by atoms with Gasteiger partial charge in [-0.15, -0.1) is 0 Å². The first kappa shape index (κ1) is 17.0. The van der Waals surface area contributed by atoms with Gasteiger partial charge >= 0.3 is 5.97 Å². The van der Waals surface area contributed by atoms with Gasteiger partial charge in [-0.25, -0.2) is 0 Å². The molecule has 0 spiro atoms. The van der Waals surface area contributed by atoms with Gasteiger partial charge in [-0.05, 0) is 37.5 Å². The van der Waals surface area contributed by atoms with Crippen LogP contribution in [-0.4, -0.2) is 24.1 Å². The Hall–Kier alpha value is -2.04. The molecule has 1 atom stereocenters. The van der Waals surface area contributed by atoms with Gasteiger partial charge in [0, 0.05) is 6.42 Å². The van der Waals surface area contributed by atoms with Crippen LogP contribution >= 0.6 is 0 Å². The fourth-order valence-electron chi connectivity index (χ4n) is 1.96. The molecule has 1 rings (SSSR count). The number of hydrogen-bond acceptors (Lipinski definition) is 3. The number of amides is 1. The average Bonchev–Trinajstić information content (AvgIpc) is 2.40. The summed E-state index contributed by atoms with van der Waals surface area (Å²) >= 11 is 0. The molecule has 116 valence electrons. The molecule has 1 aromatic rings. The van der Waals surface area contributed by atoms with E-state index in [2.05, 4.69) is 5.32 Å². The van der Waals surface area contributed by atoms with Crippen molar-refractivity contribution in [3.8, 4) is 5.75 Å². The summed E-state index contributed by atoms with van der Waals surface area (Å²) in [5.74, 6) is -0.898. The number of aryl methyl sites for hydroxylation is 1. The third-order valence-corrected chi connectivity index (χ3v) is 3.92. The largest absolute Gasteiger partial charge is 0.495 e. The predicted molar refractivity (Wildman–Crippen MR) is 81.6 cm³/mol. The Bertz CT molecular complexity index is 539. The third kappa shape index (κ3) is 3.97. The monoisotopic (exact) mass is 293 g/mol. The predicted octanol–water partition coefficient (Wildman–Crippen LogP) is 3.08. The van der Waals surface area contributed by atoms with Crippen molar-refractivity contribution in [1.29, 1.82) is 0 Å². The number of ether oxygens (including phenoxy) is 1. The van der Waals surface area contributed by atoms with Crippen molar-refractivity contribution in [3.63, 3.8) is 0 Å². The Morgan fingerprint density at radius 1 is 1.38 bits per heavy atom. The number of carbonyl (C=O) groups excluding carboxylic acids is 1. The Kier molecular flexibility index (Phi) is 5.35. The second-order valence-corrected chi connectivity index (χ2v) is 5.81. The minimum absolute atomic E-state index is 0.0863. The molecule has 0 saturated heterocycles. The standard InChI is InChI=1S/C16H23NO4/c1-10(2)16(4,15(19)20)9-14(18)17-12-7-6-11(3)8-13(12)21-5/h6-8,10H,9H2,1-5H3,(H,17,18)(H,19,20). The van der Waals surface area contributed by atoms with E-state index >= 15 is 0 Å². The van der Waals surface area contributed by atoms with Gasteiger partial charge in [0.15, 0.2) is 0 Å². The summed E-state index contributed by atoms with van der Waals surface area (Å²) in [6, 6.07) is 5.42. The molecule has 1 aromatic carbocycles. The van der Waals surface area contributed by atoms with E-state index in [1.807, 2.05) is 19.1 Å². The van der Waals surface area contributed by atoms with Gasteiger partial charge in [-0.3, -0.25) is 9.59 Å². The van der Waals surface area contributed by atoms with Crippen LogP contribution in [0, 0.1) is 18.3 Å². The zero-order valence-electron chi connectivity index (χ0n) is 13.2. The number of carbonyl (C=O) groups is 2. The van der Waals surface area contributed by atoms with Crippen LogP contribution in [0.3, 0.4) is 0 Å². The van der Waals surface area contributed by atoms with E-state index in [1.54, 1.807) is 26.8 Å². The third-order valence-electron chi connectivity index (χ3n) is 3.92. The number of nitrogens with one attached hydrogen (secondary N) is 1. The van der Waals surface area contributed by atoms with E-state index in [0.717, 1.165) is 5.56 Å². The van der Waals surface area contributed by atoms with Crippen molar-refractivity contribution in [3.05, 3.63) is 23.8 Å². The lowest BCUT2D eigenvalue weighted by molar-refractivity contribution is -0.153. The van der Waals surface area contributed by atoms with E-state index in [0.29, 0.717) is 11.4 Å². The number of rotatable bonds is 6. The zero-order chi connectivity index (χ0) is 16.2. The maximum atomic E-state index is 12.2. The van der Waals surface area contributed by atoms with Crippen LogP contribution in [0.4, 0.5) is 5.69 Å². The van der Waals surface area contributed by atoms with Crippen molar-refractivity contribution in [1.82, 2.24) is 0 Å². The van der Waals surface area contributed by atoms with Crippen LogP contribution in [0.15, 0.2) is 18.2 Å². The summed E-state index contributed by atoms with van der Waals surface area (Å²) in [4.78, 5) is 23.6. The van der Waals surface area contributed by atoms with Gasteiger partial charge in [-0.1, -0.05) is 19.9 Å². The number of hydrogen-bond donors (Lipinski definition) is 2. The Balaban J connectivity index is 2.89. The number of anilines is 1. The van der Waals surface area contributed by atoms with Gasteiger partial charge in [0.05, 0.1) is 18.2 Å². The molecule has 0 saturated carbocycles. The van der Waals surface area contributed by atoms with E-state index in [1.165, 1.54) is 7.11 Å². The first-order valence-corrected chi connectivity index (χ1v) is 6.88. The summed E-state index contributed by atoms with van der Waals surface area (Å²) in [6.45, 7) is 7.11. The number of carboxylic acid groups (broad SMARTS) is 1. The highest BCUT2D eigenvalue weighted by molar-refractivity contribution is 5.95.